The van der Waals surface area contributed by atoms with Gasteiger partial charge in [0.2, 0.25) is 0 Å². The first-order valence-corrected chi connectivity index (χ1v) is 6.63. The lowest BCUT2D eigenvalue weighted by Crippen LogP contribution is -2.33. The van der Waals surface area contributed by atoms with Crippen LogP contribution in [0.3, 0.4) is 0 Å². The molecule has 0 aliphatic rings. The van der Waals surface area contributed by atoms with E-state index in [1.165, 1.54) is 12.8 Å². The van der Waals surface area contributed by atoms with Gasteiger partial charge in [-0.2, -0.15) is 0 Å². The van der Waals surface area contributed by atoms with Crippen molar-refractivity contribution in [3.63, 3.8) is 0 Å². The molecule has 0 aromatic carbocycles. The molecule has 1 atom stereocenters. The van der Waals surface area contributed by atoms with E-state index in [0.29, 0.717) is 12.0 Å². The monoisotopic (exact) mass is 235 g/mol. The van der Waals surface area contributed by atoms with Crippen LogP contribution in [-0.4, -0.2) is 22.6 Å². The van der Waals surface area contributed by atoms with Crippen molar-refractivity contribution in [3.8, 4) is 0 Å². The zero-order chi connectivity index (χ0) is 12.7. The van der Waals surface area contributed by atoms with Crippen LogP contribution >= 0.6 is 0 Å². The summed E-state index contributed by atoms with van der Waals surface area (Å²) in [6.45, 7) is 9.77. The number of nitrogens with zero attached hydrogens (tertiary/aromatic N) is 2. The Labute approximate surface area is 105 Å². The zero-order valence-corrected chi connectivity index (χ0v) is 11.5. The van der Waals surface area contributed by atoms with Crippen molar-refractivity contribution < 1.29 is 0 Å². The predicted octanol–water partition coefficient (Wildman–Crippen LogP) is 2.74. The van der Waals surface area contributed by atoms with E-state index < -0.39 is 0 Å². The van der Waals surface area contributed by atoms with Crippen molar-refractivity contribution in [2.45, 2.75) is 53.0 Å². The molecule has 17 heavy (non-hydrogen) atoms. The van der Waals surface area contributed by atoms with Crippen LogP contribution in [0.1, 0.15) is 45.1 Å². The second-order valence-electron chi connectivity index (χ2n) is 5.08. The van der Waals surface area contributed by atoms with E-state index in [4.69, 9.17) is 0 Å². The van der Waals surface area contributed by atoms with Crippen molar-refractivity contribution >= 4 is 0 Å². The van der Waals surface area contributed by atoms with Crippen LogP contribution in [0.5, 0.6) is 0 Å². The summed E-state index contributed by atoms with van der Waals surface area (Å²) < 4.78 is 0. The number of nitrogens with one attached hydrogen (secondary N) is 1. The summed E-state index contributed by atoms with van der Waals surface area (Å²) in [5, 5.41) is 3.61. The molecular weight excluding hydrogens is 210 g/mol. The summed E-state index contributed by atoms with van der Waals surface area (Å²) in [5.74, 6) is 1.58. The molecule has 0 fully saturated rings. The molecule has 3 nitrogen and oxygen atoms in total. The molecule has 96 valence electrons. The maximum atomic E-state index is 4.48. The van der Waals surface area contributed by atoms with Gasteiger partial charge in [0.05, 0.1) is 0 Å². The Morgan fingerprint density at radius 1 is 1.35 bits per heavy atom. The van der Waals surface area contributed by atoms with Crippen LogP contribution in [-0.2, 0) is 6.42 Å². The number of aromatic nitrogens is 2. The average Bonchev–Trinajstić information content (AvgIpc) is 2.25. The van der Waals surface area contributed by atoms with Gasteiger partial charge in [-0.1, -0.05) is 20.8 Å². The lowest BCUT2D eigenvalue weighted by Gasteiger charge is -2.20. The Morgan fingerprint density at radius 3 is 2.71 bits per heavy atom. The van der Waals surface area contributed by atoms with E-state index in [-0.39, 0.29) is 0 Å². The van der Waals surface area contributed by atoms with Crippen LogP contribution in [0.25, 0.3) is 0 Å². The van der Waals surface area contributed by atoms with E-state index in [1.54, 1.807) is 0 Å². The van der Waals surface area contributed by atoms with Gasteiger partial charge < -0.3 is 5.32 Å². The van der Waals surface area contributed by atoms with E-state index in [2.05, 4.69) is 36.1 Å². The van der Waals surface area contributed by atoms with Crippen molar-refractivity contribution in [2.24, 2.45) is 5.92 Å². The normalized spacial score (nSPS) is 13.0. The van der Waals surface area contributed by atoms with Gasteiger partial charge >= 0.3 is 0 Å². The summed E-state index contributed by atoms with van der Waals surface area (Å²) in [7, 11) is 0. The summed E-state index contributed by atoms with van der Waals surface area (Å²) in [6.07, 6.45) is 5.23. The van der Waals surface area contributed by atoms with Crippen LogP contribution < -0.4 is 5.32 Å². The zero-order valence-electron chi connectivity index (χ0n) is 11.5. The molecule has 0 saturated heterocycles. The lowest BCUT2D eigenvalue weighted by atomic mass is 9.99. The highest BCUT2D eigenvalue weighted by molar-refractivity contribution is 5.03. The van der Waals surface area contributed by atoms with Crippen LogP contribution in [0, 0.1) is 12.8 Å². The highest BCUT2D eigenvalue weighted by Crippen LogP contribution is 2.09. The summed E-state index contributed by atoms with van der Waals surface area (Å²) in [5.41, 5.74) is 1.15. The Hall–Kier alpha value is -0.960. The third-order valence-corrected chi connectivity index (χ3v) is 2.73. The molecule has 0 amide bonds. The van der Waals surface area contributed by atoms with Crippen LogP contribution in [0.2, 0.25) is 0 Å². The average molecular weight is 235 g/mol. The number of hydrogen-bond acceptors (Lipinski definition) is 3. The Morgan fingerprint density at radius 2 is 2.12 bits per heavy atom. The highest BCUT2D eigenvalue weighted by atomic mass is 14.9. The quantitative estimate of drug-likeness (QED) is 0.789. The molecule has 0 saturated carbocycles. The van der Waals surface area contributed by atoms with Gasteiger partial charge in [0.25, 0.3) is 0 Å². The fourth-order valence-electron chi connectivity index (χ4n) is 2.03. The van der Waals surface area contributed by atoms with Gasteiger partial charge in [0.1, 0.15) is 5.82 Å². The third-order valence-electron chi connectivity index (χ3n) is 2.73. The third kappa shape index (κ3) is 5.78. The minimum atomic E-state index is 0.532. The van der Waals surface area contributed by atoms with Gasteiger partial charge in [0, 0.05) is 24.4 Å². The molecule has 3 heteroatoms. The molecule has 1 N–H and O–H groups in total. The van der Waals surface area contributed by atoms with Crippen molar-refractivity contribution in [1.82, 2.24) is 15.3 Å². The first-order chi connectivity index (χ1) is 8.11. The van der Waals surface area contributed by atoms with Gasteiger partial charge in [-0.15, -0.1) is 0 Å². The molecule has 1 aromatic rings. The minimum Gasteiger partial charge on any atom is -0.314 e. The summed E-state index contributed by atoms with van der Waals surface area (Å²) in [6, 6.07) is 2.55. The molecular formula is C14H25N3. The Kier molecular flexibility index (Phi) is 6.12. The Balaban J connectivity index is 2.58. The van der Waals surface area contributed by atoms with Gasteiger partial charge in [-0.25, -0.2) is 9.97 Å². The summed E-state index contributed by atoms with van der Waals surface area (Å²) >= 11 is 0. The standard InChI is InChI=1S/C14H25N3/c1-5-7-16-14(9-11(2)3)10-13-6-8-15-12(4)17-13/h6,8,11,14,16H,5,7,9-10H2,1-4H3. The van der Waals surface area contributed by atoms with Crippen molar-refractivity contribution in [1.29, 1.82) is 0 Å². The fourth-order valence-corrected chi connectivity index (χ4v) is 2.03. The second kappa shape index (κ2) is 7.38. The van der Waals surface area contributed by atoms with Crippen LogP contribution in [0.15, 0.2) is 12.3 Å². The lowest BCUT2D eigenvalue weighted by molar-refractivity contribution is 0.413. The molecule has 0 spiro atoms. The topological polar surface area (TPSA) is 37.8 Å². The van der Waals surface area contributed by atoms with E-state index >= 15 is 0 Å². The molecule has 1 heterocycles. The molecule has 0 bridgehead atoms. The number of aryl methyl sites for hydroxylation is 1. The molecule has 0 radical (unpaired) electrons. The maximum Gasteiger partial charge on any atom is 0.125 e. The summed E-state index contributed by atoms with van der Waals surface area (Å²) in [4.78, 5) is 8.62. The van der Waals surface area contributed by atoms with Gasteiger partial charge in [-0.05, 0) is 38.3 Å². The SMILES string of the molecule is CCCNC(Cc1ccnc(C)n1)CC(C)C. The van der Waals surface area contributed by atoms with Crippen molar-refractivity contribution in [2.75, 3.05) is 6.54 Å². The first kappa shape index (κ1) is 14.1. The molecule has 0 aliphatic heterocycles. The highest BCUT2D eigenvalue weighted by Gasteiger charge is 2.11. The predicted molar refractivity (Wildman–Crippen MR) is 72.0 cm³/mol. The largest absolute Gasteiger partial charge is 0.314 e. The van der Waals surface area contributed by atoms with Gasteiger partial charge in [0.15, 0.2) is 0 Å². The first-order valence-electron chi connectivity index (χ1n) is 6.63. The minimum absolute atomic E-state index is 0.532. The number of hydrogen-bond donors (Lipinski definition) is 1. The van der Waals surface area contributed by atoms with E-state index in [1.807, 2.05) is 19.2 Å². The second-order valence-corrected chi connectivity index (χ2v) is 5.08. The van der Waals surface area contributed by atoms with Crippen molar-refractivity contribution in [3.05, 3.63) is 23.8 Å². The molecule has 0 aliphatic carbocycles. The number of rotatable bonds is 7. The fraction of sp³-hybridized carbons (Fsp3) is 0.714. The van der Waals surface area contributed by atoms with E-state index in [0.717, 1.165) is 24.5 Å². The molecule has 1 aromatic heterocycles. The van der Waals surface area contributed by atoms with E-state index in [9.17, 15) is 0 Å². The molecule has 1 rings (SSSR count). The van der Waals surface area contributed by atoms with Gasteiger partial charge in [-0.3, -0.25) is 0 Å². The Bertz CT molecular complexity index is 323. The molecule has 1 unspecified atom stereocenters. The smallest absolute Gasteiger partial charge is 0.125 e. The van der Waals surface area contributed by atoms with Crippen LogP contribution in [0.4, 0.5) is 0 Å². The maximum absolute atomic E-state index is 4.48.